The molecule has 0 spiro atoms. The molecule has 2 aliphatic heterocycles. The Hall–Kier alpha value is -2.60. The van der Waals surface area contributed by atoms with Gasteiger partial charge in [0.1, 0.15) is 0 Å². The number of aryl methyl sites for hydroxylation is 1. The molecule has 0 unspecified atom stereocenters. The van der Waals surface area contributed by atoms with Crippen molar-refractivity contribution in [3.05, 3.63) is 53.9 Å². The van der Waals surface area contributed by atoms with Crippen LogP contribution in [0.5, 0.6) is 11.5 Å². The number of aromatic nitrogens is 1. The lowest BCUT2D eigenvalue weighted by Crippen LogP contribution is -2.48. The lowest BCUT2D eigenvalue weighted by atomic mass is 10.1. The van der Waals surface area contributed by atoms with Crippen molar-refractivity contribution in [3.8, 4) is 11.5 Å². The molecule has 0 aliphatic carbocycles. The van der Waals surface area contributed by atoms with Gasteiger partial charge in [-0.2, -0.15) is 0 Å². The average molecular weight is 353 g/mol. The first kappa shape index (κ1) is 16.8. The summed E-state index contributed by atoms with van der Waals surface area (Å²) in [7, 11) is 0. The molecule has 1 aromatic heterocycles. The zero-order chi connectivity index (χ0) is 17.8. The summed E-state index contributed by atoms with van der Waals surface area (Å²) >= 11 is 0. The second-order valence-corrected chi connectivity index (χ2v) is 6.67. The zero-order valence-corrected chi connectivity index (χ0v) is 14.8. The van der Waals surface area contributed by atoms with E-state index in [0.29, 0.717) is 19.6 Å². The Balaban J connectivity index is 1.24. The van der Waals surface area contributed by atoms with E-state index >= 15 is 0 Å². The summed E-state index contributed by atoms with van der Waals surface area (Å²) in [5, 5.41) is 0. The lowest BCUT2D eigenvalue weighted by Gasteiger charge is -2.34. The number of pyridine rings is 1. The number of ether oxygens (including phenoxy) is 2. The summed E-state index contributed by atoms with van der Waals surface area (Å²) in [4.78, 5) is 21.0. The number of carbonyl (C=O) groups is 1. The van der Waals surface area contributed by atoms with Crippen LogP contribution < -0.4 is 9.47 Å². The lowest BCUT2D eigenvalue weighted by molar-refractivity contribution is -0.133. The fourth-order valence-corrected chi connectivity index (χ4v) is 3.39. The Labute approximate surface area is 153 Å². The minimum atomic E-state index is 0.221. The monoisotopic (exact) mass is 353 g/mol. The van der Waals surface area contributed by atoms with Gasteiger partial charge < -0.3 is 14.4 Å². The summed E-state index contributed by atoms with van der Waals surface area (Å²) in [6, 6.07) is 11.9. The van der Waals surface area contributed by atoms with Crippen molar-refractivity contribution >= 4 is 5.91 Å². The molecule has 6 nitrogen and oxygen atoms in total. The van der Waals surface area contributed by atoms with Crippen molar-refractivity contribution in [2.45, 2.75) is 19.4 Å². The molecule has 1 aromatic carbocycles. The molecule has 136 valence electrons. The van der Waals surface area contributed by atoms with Crippen molar-refractivity contribution in [2.75, 3.05) is 33.0 Å². The maximum absolute atomic E-state index is 12.4. The van der Waals surface area contributed by atoms with Gasteiger partial charge in [0, 0.05) is 51.0 Å². The highest BCUT2D eigenvalue weighted by Gasteiger charge is 2.21. The maximum atomic E-state index is 12.4. The van der Waals surface area contributed by atoms with Gasteiger partial charge in [-0.25, -0.2) is 0 Å². The molecule has 0 N–H and O–H groups in total. The van der Waals surface area contributed by atoms with Crippen LogP contribution in [0.4, 0.5) is 0 Å². The Kier molecular flexibility index (Phi) is 5.02. The topological polar surface area (TPSA) is 54.9 Å². The van der Waals surface area contributed by atoms with Gasteiger partial charge in [-0.05, 0) is 36.2 Å². The molecule has 6 heteroatoms. The highest BCUT2D eigenvalue weighted by molar-refractivity contribution is 5.76. The van der Waals surface area contributed by atoms with E-state index in [-0.39, 0.29) is 5.91 Å². The SMILES string of the molecule is O=C(CCc1ccccn1)N1CCN(Cc2ccc3c(c2)OCO3)CC1. The molecule has 1 saturated heterocycles. The maximum Gasteiger partial charge on any atom is 0.231 e. The van der Waals surface area contributed by atoms with E-state index in [1.165, 1.54) is 5.56 Å². The van der Waals surface area contributed by atoms with E-state index in [2.05, 4.69) is 16.0 Å². The molecule has 2 aromatic rings. The number of fused-ring (bicyclic) bond motifs is 1. The Bertz CT molecular complexity index is 758. The van der Waals surface area contributed by atoms with E-state index in [9.17, 15) is 4.79 Å². The molecular formula is C20H23N3O3. The van der Waals surface area contributed by atoms with Crippen molar-refractivity contribution in [3.63, 3.8) is 0 Å². The molecule has 0 atom stereocenters. The van der Waals surface area contributed by atoms with Crippen LogP contribution in [0.15, 0.2) is 42.6 Å². The first-order chi connectivity index (χ1) is 12.8. The highest BCUT2D eigenvalue weighted by atomic mass is 16.7. The minimum absolute atomic E-state index is 0.221. The van der Waals surface area contributed by atoms with Crippen LogP contribution in [0.3, 0.4) is 0 Å². The smallest absolute Gasteiger partial charge is 0.231 e. The summed E-state index contributed by atoms with van der Waals surface area (Å²) in [5.41, 5.74) is 2.19. The number of benzene rings is 1. The van der Waals surface area contributed by atoms with Crippen molar-refractivity contribution in [1.82, 2.24) is 14.8 Å². The molecule has 3 heterocycles. The van der Waals surface area contributed by atoms with Crippen LogP contribution in [-0.2, 0) is 17.8 Å². The van der Waals surface area contributed by atoms with E-state index in [4.69, 9.17) is 9.47 Å². The molecule has 1 amide bonds. The standard InChI is InChI=1S/C20H23N3O3/c24-20(7-5-17-3-1-2-8-21-17)23-11-9-22(10-12-23)14-16-4-6-18-19(13-16)26-15-25-18/h1-4,6,8,13H,5,7,9-12,14-15H2. The van der Waals surface area contributed by atoms with Crippen LogP contribution in [0.1, 0.15) is 17.7 Å². The third-order valence-electron chi connectivity index (χ3n) is 4.89. The molecule has 26 heavy (non-hydrogen) atoms. The van der Waals surface area contributed by atoms with Crippen LogP contribution in [0, 0.1) is 0 Å². The van der Waals surface area contributed by atoms with Crippen molar-refractivity contribution in [1.29, 1.82) is 0 Å². The number of piperazine rings is 1. The fourth-order valence-electron chi connectivity index (χ4n) is 3.39. The molecule has 4 rings (SSSR count). The van der Waals surface area contributed by atoms with E-state index in [0.717, 1.165) is 49.9 Å². The number of nitrogens with zero attached hydrogens (tertiary/aromatic N) is 3. The molecule has 1 fully saturated rings. The predicted molar refractivity (Wildman–Crippen MR) is 97.0 cm³/mol. The summed E-state index contributed by atoms with van der Waals surface area (Å²) < 4.78 is 10.8. The second kappa shape index (κ2) is 7.74. The van der Waals surface area contributed by atoms with Gasteiger partial charge in [0.05, 0.1) is 0 Å². The normalized spacial score (nSPS) is 16.7. The Morgan fingerprint density at radius 3 is 2.69 bits per heavy atom. The predicted octanol–water partition coefficient (Wildman–Crippen LogP) is 2.09. The van der Waals surface area contributed by atoms with Crippen molar-refractivity contribution in [2.24, 2.45) is 0 Å². The zero-order valence-electron chi connectivity index (χ0n) is 14.8. The largest absolute Gasteiger partial charge is 0.454 e. The minimum Gasteiger partial charge on any atom is -0.454 e. The second-order valence-electron chi connectivity index (χ2n) is 6.67. The number of amides is 1. The molecule has 0 radical (unpaired) electrons. The first-order valence-corrected chi connectivity index (χ1v) is 9.06. The molecule has 2 aliphatic rings. The average Bonchev–Trinajstić information content (AvgIpc) is 3.15. The van der Waals surface area contributed by atoms with Gasteiger partial charge >= 0.3 is 0 Å². The van der Waals surface area contributed by atoms with Gasteiger partial charge in [0.2, 0.25) is 12.7 Å². The van der Waals surface area contributed by atoms with Crippen LogP contribution >= 0.6 is 0 Å². The van der Waals surface area contributed by atoms with Gasteiger partial charge in [-0.3, -0.25) is 14.7 Å². The van der Waals surface area contributed by atoms with Crippen LogP contribution in [-0.4, -0.2) is 53.7 Å². The highest BCUT2D eigenvalue weighted by Crippen LogP contribution is 2.32. The van der Waals surface area contributed by atoms with Crippen LogP contribution in [0.25, 0.3) is 0 Å². The number of rotatable bonds is 5. The third kappa shape index (κ3) is 3.96. The fraction of sp³-hybridized carbons (Fsp3) is 0.400. The molecular weight excluding hydrogens is 330 g/mol. The van der Waals surface area contributed by atoms with Crippen molar-refractivity contribution < 1.29 is 14.3 Å². The van der Waals surface area contributed by atoms with E-state index < -0.39 is 0 Å². The quantitative estimate of drug-likeness (QED) is 0.824. The molecule has 0 bridgehead atoms. The Morgan fingerprint density at radius 1 is 1.04 bits per heavy atom. The van der Waals surface area contributed by atoms with E-state index in [1.807, 2.05) is 35.2 Å². The Morgan fingerprint density at radius 2 is 1.88 bits per heavy atom. The summed E-state index contributed by atoms with van der Waals surface area (Å²) in [6.07, 6.45) is 3.00. The summed E-state index contributed by atoms with van der Waals surface area (Å²) in [5.74, 6) is 1.86. The summed E-state index contributed by atoms with van der Waals surface area (Å²) in [6.45, 7) is 4.52. The van der Waals surface area contributed by atoms with Gasteiger partial charge in [-0.1, -0.05) is 12.1 Å². The van der Waals surface area contributed by atoms with Gasteiger partial charge in [-0.15, -0.1) is 0 Å². The molecule has 0 saturated carbocycles. The van der Waals surface area contributed by atoms with Gasteiger partial charge in [0.15, 0.2) is 11.5 Å². The van der Waals surface area contributed by atoms with Crippen LogP contribution in [0.2, 0.25) is 0 Å². The van der Waals surface area contributed by atoms with E-state index in [1.54, 1.807) is 6.20 Å². The number of hydrogen-bond acceptors (Lipinski definition) is 5. The third-order valence-corrected chi connectivity index (χ3v) is 4.89. The van der Waals surface area contributed by atoms with Gasteiger partial charge in [0.25, 0.3) is 0 Å². The first-order valence-electron chi connectivity index (χ1n) is 9.06. The number of carbonyl (C=O) groups excluding carboxylic acids is 1. The number of hydrogen-bond donors (Lipinski definition) is 0.